The number of nitrogens with one attached hydrogen (secondary N) is 1. The Labute approximate surface area is 127 Å². The monoisotopic (exact) mass is 283 g/mol. The minimum Gasteiger partial charge on any atom is -0.309 e. The molecular formula is C18H25N3. The van der Waals surface area contributed by atoms with Gasteiger partial charge in [-0.25, -0.2) is 0 Å². The molecule has 0 spiro atoms. The van der Waals surface area contributed by atoms with Crippen molar-refractivity contribution in [2.75, 3.05) is 13.1 Å². The fraction of sp³-hybridized carbons (Fsp3) is 0.500. The van der Waals surface area contributed by atoms with Gasteiger partial charge in [-0.2, -0.15) is 0 Å². The highest BCUT2D eigenvalue weighted by molar-refractivity contribution is 5.78. The zero-order valence-electron chi connectivity index (χ0n) is 13.3. The Morgan fingerprint density at radius 1 is 1.29 bits per heavy atom. The fourth-order valence-electron chi connectivity index (χ4n) is 3.04. The van der Waals surface area contributed by atoms with E-state index in [1.165, 1.54) is 11.1 Å². The number of pyridine rings is 1. The number of hydrogen-bond acceptors (Lipinski definition) is 3. The third-order valence-corrected chi connectivity index (χ3v) is 4.80. The SMILES string of the molecule is CCC1(C)CN(Cc2ccc3ccccc3n2)C(C)CN1. The predicted molar refractivity (Wildman–Crippen MR) is 88.3 cm³/mol. The first-order valence-corrected chi connectivity index (χ1v) is 7.93. The maximum absolute atomic E-state index is 4.82. The van der Waals surface area contributed by atoms with E-state index in [0.29, 0.717) is 6.04 Å². The number of rotatable bonds is 3. The first-order valence-electron chi connectivity index (χ1n) is 7.93. The Bertz CT molecular complexity index is 625. The van der Waals surface area contributed by atoms with Crippen molar-refractivity contribution < 1.29 is 0 Å². The lowest BCUT2D eigenvalue weighted by molar-refractivity contribution is 0.0855. The number of fused-ring (bicyclic) bond motifs is 1. The van der Waals surface area contributed by atoms with Gasteiger partial charge in [-0.1, -0.05) is 31.2 Å². The zero-order chi connectivity index (χ0) is 14.9. The van der Waals surface area contributed by atoms with Crippen molar-refractivity contribution in [1.82, 2.24) is 15.2 Å². The van der Waals surface area contributed by atoms with Crippen LogP contribution in [0.2, 0.25) is 0 Å². The Kier molecular flexibility index (Phi) is 3.96. The van der Waals surface area contributed by atoms with E-state index in [-0.39, 0.29) is 5.54 Å². The molecule has 2 heterocycles. The molecular weight excluding hydrogens is 258 g/mol. The highest BCUT2D eigenvalue weighted by atomic mass is 15.2. The molecule has 0 aliphatic carbocycles. The molecule has 2 aromatic rings. The van der Waals surface area contributed by atoms with E-state index < -0.39 is 0 Å². The van der Waals surface area contributed by atoms with Crippen LogP contribution in [0, 0.1) is 0 Å². The Morgan fingerprint density at radius 2 is 2.10 bits per heavy atom. The van der Waals surface area contributed by atoms with E-state index in [2.05, 4.69) is 67.4 Å². The van der Waals surface area contributed by atoms with Gasteiger partial charge in [0.15, 0.2) is 0 Å². The fourth-order valence-corrected chi connectivity index (χ4v) is 3.04. The van der Waals surface area contributed by atoms with Crippen LogP contribution in [0.3, 0.4) is 0 Å². The van der Waals surface area contributed by atoms with Gasteiger partial charge in [0.25, 0.3) is 0 Å². The lowest BCUT2D eigenvalue weighted by atomic mass is 9.93. The lowest BCUT2D eigenvalue weighted by Gasteiger charge is -2.44. The predicted octanol–water partition coefficient (Wildman–Crippen LogP) is 3.20. The molecule has 2 atom stereocenters. The van der Waals surface area contributed by atoms with Crippen molar-refractivity contribution in [3.05, 3.63) is 42.1 Å². The van der Waals surface area contributed by atoms with Crippen LogP contribution in [-0.2, 0) is 6.54 Å². The van der Waals surface area contributed by atoms with E-state index in [1.54, 1.807) is 0 Å². The summed E-state index contributed by atoms with van der Waals surface area (Å²) in [6.07, 6.45) is 1.15. The van der Waals surface area contributed by atoms with Crippen molar-refractivity contribution in [3.63, 3.8) is 0 Å². The Balaban J connectivity index is 1.80. The van der Waals surface area contributed by atoms with Gasteiger partial charge >= 0.3 is 0 Å². The van der Waals surface area contributed by atoms with Crippen molar-refractivity contribution in [2.45, 2.75) is 45.3 Å². The smallest absolute Gasteiger partial charge is 0.0705 e. The van der Waals surface area contributed by atoms with Crippen LogP contribution >= 0.6 is 0 Å². The molecule has 1 N–H and O–H groups in total. The van der Waals surface area contributed by atoms with Gasteiger partial charge in [-0.15, -0.1) is 0 Å². The number of para-hydroxylation sites is 1. The third-order valence-electron chi connectivity index (χ3n) is 4.80. The molecule has 3 heteroatoms. The van der Waals surface area contributed by atoms with Gasteiger partial charge in [0, 0.05) is 36.6 Å². The van der Waals surface area contributed by atoms with E-state index >= 15 is 0 Å². The average molecular weight is 283 g/mol. The number of nitrogens with zero attached hydrogens (tertiary/aromatic N) is 2. The van der Waals surface area contributed by atoms with Crippen molar-refractivity contribution in [2.24, 2.45) is 0 Å². The molecule has 0 radical (unpaired) electrons. The summed E-state index contributed by atoms with van der Waals surface area (Å²) >= 11 is 0. The molecule has 0 amide bonds. The highest BCUT2D eigenvalue weighted by Crippen LogP contribution is 2.21. The van der Waals surface area contributed by atoms with Gasteiger partial charge in [0.05, 0.1) is 11.2 Å². The molecule has 0 saturated carbocycles. The molecule has 1 fully saturated rings. The number of aromatic nitrogens is 1. The van der Waals surface area contributed by atoms with Gasteiger partial charge in [0.2, 0.25) is 0 Å². The quantitative estimate of drug-likeness (QED) is 0.937. The first kappa shape index (κ1) is 14.5. The molecule has 3 nitrogen and oxygen atoms in total. The maximum Gasteiger partial charge on any atom is 0.0705 e. The van der Waals surface area contributed by atoms with E-state index in [0.717, 1.165) is 31.6 Å². The minimum absolute atomic E-state index is 0.226. The summed E-state index contributed by atoms with van der Waals surface area (Å²) in [6, 6.07) is 13.2. The second kappa shape index (κ2) is 5.74. The molecule has 0 bridgehead atoms. The van der Waals surface area contributed by atoms with Crippen LogP contribution in [-0.4, -0.2) is 34.6 Å². The molecule has 112 valence electrons. The first-order chi connectivity index (χ1) is 10.1. The second-order valence-corrected chi connectivity index (χ2v) is 6.54. The van der Waals surface area contributed by atoms with E-state index in [9.17, 15) is 0 Å². The topological polar surface area (TPSA) is 28.2 Å². The molecule has 3 rings (SSSR count). The van der Waals surface area contributed by atoms with Crippen LogP contribution in [0.4, 0.5) is 0 Å². The van der Waals surface area contributed by atoms with Gasteiger partial charge in [-0.05, 0) is 32.4 Å². The maximum atomic E-state index is 4.82. The summed E-state index contributed by atoms with van der Waals surface area (Å²) in [7, 11) is 0. The third kappa shape index (κ3) is 3.09. The number of piperazine rings is 1. The molecule has 1 aromatic heterocycles. The van der Waals surface area contributed by atoms with Crippen LogP contribution < -0.4 is 5.32 Å². The van der Waals surface area contributed by atoms with E-state index in [1.807, 2.05) is 0 Å². The molecule has 21 heavy (non-hydrogen) atoms. The van der Waals surface area contributed by atoms with Crippen LogP contribution in [0.25, 0.3) is 10.9 Å². The van der Waals surface area contributed by atoms with Crippen molar-refractivity contribution in [3.8, 4) is 0 Å². The molecule has 1 aliphatic heterocycles. The second-order valence-electron chi connectivity index (χ2n) is 6.54. The molecule has 2 unspecified atom stereocenters. The van der Waals surface area contributed by atoms with E-state index in [4.69, 9.17) is 4.98 Å². The molecule has 1 aromatic carbocycles. The summed E-state index contributed by atoms with van der Waals surface area (Å²) in [5.74, 6) is 0. The zero-order valence-corrected chi connectivity index (χ0v) is 13.3. The average Bonchev–Trinajstić information content (AvgIpc) is 2.51. The van der Waals surface area contributed by atoms with Crippen molar-refractivity contribution in [1.29, 1.82) is 0 Å². The Hall–Kier alpha value is -1.45. The highest BCUT2D eigenvalue weighted by Gasteiger charge is 2.32. The largest absolute Gasteiger partial charge is 0.309 e. The summed E-state index contributed by atoms with van der Waals surface area (Å²) in [5.41, 5.74) is 2.49. The normalized spacial score (nSPS) is 27.1. The van der Waals surface area contributed by atoms with Gasteiger partial charge < -0.3 is 5.32 Å². The van der Waals surface area contributed by atoms with Crippen LogP contribution in [0.15, 0.2) is 36.4 Å². The molecule has 1 saturated heterocycles. The summed E-state index contributed by atoms with van der Waals surface area (Å²) in [5, 5.41) is 4.89. The van der Waals surface area contributed by atoms with Crippen LogP contribution in [0.1, 0.15) is 32.9 Å². The molecule has 1 aliphatic rings. The van der Waals surface area contributed by atoms with Gasteiger partial charge in [0.1, 0.15) is 0 Å². The standard InChI is InChI=1S/C18H25N3/c1-4-18(3)13-21(14(2)11-19-18)12-16-10-9-15-7-5-6-8-17(15)20-16/h5-10,14,19H,4,11-13H2,1-3H3. The van der Waals surface area contributed by atoms with Crippen molar-refractivity contribution >= 4 is 10.9 Å². The number of benzene rings is 1. The van der Waals surface area contributed by atoms with Gasteiger partial charge in [-0.3, -0.25) is 9.88 Å². The lowest BCUT2D eigenvalue weighted by Crippen LogP contribution is -2.61. The summed E-state index contributed by atoms with van der Waals surface area (Å²) in [6.45, 7) is 9.94. The minimum atomic E-state index is 0.226. The summed E-state index contributed by atoms with van der Waals surface area (Å²) < 4.78 is 0. The number of hydrogen-bond donors (Lipinski definition) is 1. The van der Waals surface area contributed by atoms with Crippen LogP contribution in [0.5, 0.6) is 0 Å². The Morgan fingerprint density at radius 3 is 2.90 bits per heavy atom. The summed E-state index contributed by atoms with van der Waals surface area (Å²) in [4.78, 5) is 7.37.